The number of aromatic nitrogens is 1. The Balaban J connectivity index is 2.25. The Morgan fingerprint density at radius 2 is 1.84 bits per heavy atom. The van der Waals surface area contributed by atoms with E-state index in [-0.39, 0.29) is 0 Å². The van der Waals surface area contributed by atoms with E-state index in [0.717, 1.165) is 10.9 Å². The largest absolute Gasteiger partial charge is 0.495 e. The molecule has 0 aliphatic carbocycles. The topological polar surface area (TPSA) is 35.3 Å². The summed E-state index contributed by atoms with van der Waals surface area (Å²) in [5.74, 6) is 0.531. The number of ether oxygens (including phenoxy) is 1. The third kappa shape index (κ3) is 1.95. The molecule has 0 N–H and O–H groups in total. The van der Waals surface area contributed by atoms with Crippen molar-refractivity contribution in [1.29, 1.82) is 0 Å². The molecule has 0 unspecified atom stereocenters. The summed E-state index contributed by atoms with van der Waals surface area (Å²) < 4.78 is 10.4. The van der Waals surface area contributed by atoms with Crippen molar-refractivity contribution in [3.05, 3.63) is 46.4 Å². The van der Waals surface area contributed by atoms with Gasteiger partial charge in [-0.1, -0.05) is 40.5 Å². The van der Waals surface area contributed by atoms with Crippen LogP contribution in [0.2, 0.25) is 10.0 Å². The molecule has 0 saturated carbocycles. The molecule has 0 radical (unpaired) electrons. The van der Waals surface area contributed by atoms with Crippen LogP contribution in [0.15, 0.2) is 40.9 Å². The van der Waals surface area contributed by atoms with E-state index in [4.69, 9.17) is 32.5 Å². The quantitative estimate of drug-likeness (QED) is 0.680. The van der Waals surface area contributed by atoms with Gasteiger partial charge in [-0.15, -0.1) is 0 Å². The molecule has 0 aliphatic rings. The Labute approximate surface area is 119 Å². The van der Waals surface area contributed by atoms with Crippen LogP contribution in [0.1, 0.15) is 0 Å². The number of hydrogen-bond donors (Lipinski definition) is 0. The summed E-state index contributed by atoms with van der Waals surface area (Å²) in [6, 6.07) is 11.2. The van der Waals surface area contributed by atoms with E-state index in [1.54, 1.807) is 13.2 Å². The molecule has 1 aromatic heterocycles. The lowest BCUT2D eigenvalue weighted by Gasteiger charge is -2.07. The molecule has 3 aromatic rings. The van der Waals surface area contributed by atoms with E-state index in [0.29, 0.717) is 27.1 Å². The molecule has 3 nitrogen and oxygen atoms in total. The van der Waals surface area contributed by atoms with Crippen LogP contribution >= 0.6 is 23.2 Å². The second-order valence-corrected chi connectivity index (χ2v) is 4.73. The van der Waals surface area contributed by atoms with Gasteiger partial charge in [0.1, 0.15) is 16.5 Å². The molecule has 0 saturated heterocycles. The van der Waals surface area contributed by atoms with Crippen molar-refractivity contribution in [2.75, 3.05) is 7.11 Å². The van der Waals surface area contributed by atoms with Gasteiger partial charge in [-0.2, -0.15) is 0 Å². The highest BCUT2D eigenvalue weighted by Gasteiger charge is 2.17. The number of halogens is 2. The maximum atomic E-state index is 6.28. The molecule has 0 fully saturated rings. The second kappa shape index (κ2) is 4.76. The van der Waals surface area contributed by atoms with E-state index in [1.165, 1.54) is 0 Å². The van der Waals surface area contributed by atoms with Crippen LogP contribution in [-0.4, -0.2) is 12.3 Å². The van der Waals surface area contributed by atoms with Gasteiger partial charge in [-0.05, 0) is 24.3 Å². The van der Waals surface area contributed by atoms with Crippen LogP contribution in [-0.2, 0) is 0 Å². The molecule has 19 heavy (non-hydrogen) atoms. The second-order valence-electron chi connectivity index (χ2n) is 3.97. The van der Waals surface area contributed by atoms with Crippen molar-refractivity contribution in [3.8, 4) is 17.0 Å². The van der Waals surface area contributed by atoms with Gasteiger partial charge >= 0.3 is 0 Å². The molecule has 0 bridgehead atoms. The van der Waals surface area contributed by atoms with Gasteiger partial charge in [-0.25, -0.2) is 0 Å². The minimum Gasteiger partial charge on any atom is -0.495 e. The molecule has 1 heterocycles. The minimum atomic E-state index is 0.369. The number of hydrogen-bond acceptors (Lipinski definition) is 3. The fourth-order valence-electron chi connectivity index (χ4n) is 1.95. The van der Waals surface area contributed by atoms with Crippen LogP contribution in [0.5, 0.6) is 5.75 Å². The van der Waals surface area contributed by atoms with Gasteiger partial charge in [0.25, 0.3) is 0 Å². The van der Waals surface area contributed by atoms with Crippen LogP contribution in [0, 0.1) is 0 Å². The van der Waals surface area contributed by atoms with Gasteiger partial charge < -0.3 is 9.26 Å². The number of fused-ring (bicyclic) bond motifs is 1. The number of nitrogens with zero attached hydrogens (tertiary/aromatic N) is 1. The molecule has 3 rings (SSSR count). The standard InChI is InChI=1S/C14H9Cl2NO2/c1-18-11-7-6-9(12(15)13(11)16)14-8-4-2-3-5-10(8)19-17-14/h2-7H,1H3. The number of methoxy groups -OCH3 is 1. The predicted octanol–water partition coefficient (Wildman–Crippen LogP) is 4.81. The van der Waals surface area contributed by atoms with Gasteiger partial charge in [-0.3, -0.25) is 0 Å². The van der Waals surface area contributed by atoms with Crippen LogP contribution in [0.25, 0.3) is 22.2 Å². The molecule has 0 atom stereocenters. The highest BCUT2D eigenvalue weighted by molar-refractivity contribution is 6.44. The van der Waals surface area contributed by atoms with Gasteiger partial charge in [0.2, 0.25) is 0 Å². The van der Waals surface area contributed by atoms with Crippen LogP contribution in [0.4, 0.5) is 0 Å². The molecule has 2 aromatic carbocycles. The third-order valence-electron chi connectivity index (χ3n) is 2.90. The highest BCUT2D eigenvalue weighted by atomic mass is 35.5. The number of benzene rings is 2. The number of para-hydroxylation sites is 1. The van der Waals surface area contributed by atoms with Crippen LogP contribution < -0.4 is 4.74 Å². The SMILES string of the molecule is COc1ccc(-c2noc3ccccc23)c(Cl)c1Cl. The van der Waals surface area contributed by atoms with E-state index >= 15 is 0 Å². The van der Waals surface area contributed by atoms with Crippen molar-refractivity contribution in [2.45, 2.75) is 0 Å². The minimum absolute atomic E-state index is 0.369. The fourth-order valence-corrected chi connectivity index (χ4v) is 2.44. The summed E-state index contributed by atoms with van der Waals surface area (Å²) in [5, 5.41) is 5.73. The van der Waals surface area contributed by atoms with E-state index in [2.05, 4.69) is 5.16 Å². The lowest BCUT2D eigenvalue weighted by atomic mass is 10.1. The van der Waals surface area contributed by atoms with Crippen molar-refractivity contribution >= 4 is 34.2 Å². The Hall–Kier alpha value is -1.71. The summed E-state index contributed by atoms with van der Waals surface area (Å²) in [7, 11) is 1.54. The molecule has 96 valence electrons. The lowest BCUT2D eigenvalue weighted by molar-refractivity contribution is 0.415. The molecule has 0 aliphatic heterocycles. The van der Waals surface area contributed by atoms with E-state index < -0.39 is 0 Å². The first-order chi connectivity index (χ1) is 9.22. The first-order valence-electron chi connectivity index (χ1n) is 5.59. The third-order valence-corrected chi connectivity index (χ3v) is 3.76. The van der Waals surface area contributed by atoms with Gasteiger partial charge in [0.05, 0.1) is 12.1 Å². The average molecular weight is 294 g/mol. The monoisotopic (exact) mass is 293 g/mol. The molecule has 5 heteroatoms. The maximum absolute atomic E-state index is 6.28. The highest BCUT2D eigenvalue weighted by Crippen LogP contribution is 2.40. The maximum Gasteiger partial charge on any atom is 0.167 e. The van der Waals surface area contributed by atoms with Crippen molar-refractivity contribution in [2.24, 2.45) is 0 Å². The van der Waals surface area contributed by atoms with E-state index in [9.17, 15) is 0 Å². The smallest absolute Gasteiger partial charge is 0.167 e. The Kier molecular flexibility index (Phi) is 3.09. The summed E-state index contributed by atoms with van der Waals surface area (Å²) in [6.45, 7) is 0. The van der Waals surface area contributed by atoms with Gasteiger partial charge in [0, 0.05) is 10.9 Å². The zero-order valence-electron chi connectivity index (χ0n) is 9.98. The number of rotatable bonds is 2. The Morgan fingerprint density at radius 3 is 2.63 bits per heavy atom. The summed E-state index contributed by atoms with van der Waals surface area (Å²) in [5.41, 5.74) is 2.10. The summed E-state index contributed by atoms with van der Waals surface area (Å²) >= 11 is 12.4. The first-order valence-corrected chi connectivity index (χ1v) is 6.34. The van der Waals surface area contributed by atoms with Gasteiger partial charge in [0.15, 0.2) is 5.58 Å². The first kappa shape index (κ1) is 12.3. The summed E-state index contributed by atoms with van der Waals surface area (Å²) in [6.07, 6.45) is 0. The van der Waals surface area contributed by atoms with E-state index in [1.807, 2.05) is 30.3 Å². The zero-order chi connectivity index (χ0) is 13.4. The predicted molar refractivity (Wildman–Crippen MR) is 76.0 cm³/mol. The Morgan fingerprint density at radius 1 is 1.05 bits per heavy atom. The molecule has 0 amide bonds. The lowest BCUT2D eigenvalue weighted by Crippen LogP contribution is -1.87. The average Bonchev–Trinajstić information content (AvgIpc) is 2.86. The van der Waals surface area contributed by atoms with Crippen molar-refractivity contribution in [3.63, 3.8) is 0 Å². The summed E-state index contributed by atoms with van der Waals surface area (Å²) in [4.78, 5) is 0. The molecular weight excluding hydrogens is 285 g/mol. The van der Waals surface area contributed by atoms with Crippen LogP contribution in [0.3, 0.4) is 0 Å². The van der Waals surface area contributed by atoms with Crippen molar-refractivity contribution in [1.82, 2.24) is 5.16 Å². The normalized spacial score (nSPS) is 10.9. The zero-order valence-corrected chi connectivity index (χ0v) is 11.5. The Bertz CT molecular complexity index is 752. The van der Waals surface area contributed by atoms with Crippen molar-refractivity contribution < 1.29 is 9.26 Å². The molecular formula is C14H9Cl2NO2. The fraction of sp³-hybridized carbons (Fsp3) is 0.0714. The molecule has 0 spiro atoms.